The van der Waals surface area contributed by atoms with E-state index in [4.69, 9.17) is 5.73 Å². The van der Waals surface area contributed by atoms with Crippen LogP contribution in [0.2, 0.25) is 0 Å². The first-order chi connectivity index (χ1) is 8.03. The van der Waals surface area contributed by atoms with Crippen molar-refractivity contribution in [3.63, 3.8) is 0 Å². The maximum Gasteiger partial charge on any atom is 0.240 e. The van der Waals surface area contributed by atoms with Gasteiger partial charge in [-0.15, -0.1) is 0 Å². The molecule has 0 aromatic heterocycles. The molecule has 5 heteroatoms. The van der Waals surface area contributed by atoms with Gasteiger partial charge in [0.1, 0.15) is 0 Å². The fourth-order valence-electron chi connectivity index (χ4n) is 1.70. The van der Waals surface area contributed by atoms with Crippen molar-refractivity contribution in [3.05, 3.63) is 29.3 Å². The molecule has 0 heterocycles. The molecule has 1 aliphatic rings. The second kappa shape index (κ2) is 4.76. The lowest BCUT2D eigenvalue weighted by Gasteiger charge is -2.09. The number of hydrogen-bond acceptors (Lipinski definition) is 3. The van der Waals surface area contributed by atoms with E-state index >= 15 is 0 Å². The second-order valence-corrected chi connectivity index (χ2v) is 6.35. The van der Waals surface area contributed by atoms with E-state index in [2.05, 4.69) is 4.72 Å². The highest BCUT2D eigenvalue weighted by Crippen LogP contribution is 2.28. The zero-order valence-corrected chi connectivity index (χ0v) is 10.8. The molecule has 0 unspecified atom stereocenters. The van der Waals surface area contributed by atoms with Gasteiger partial charge in [-0.25, -0.2) is 13.1 Å². The summed E-state index contributed by atoms with van der Waals surface area (Å²) in [5.74, 6) is 0.536. The lowest BCUT2D eigenvalue weighted by molar-refractivity contribution is 0.577. The van der Waals surface area contributed by atoms with Crippen molar-refractivity contribution >= 4 is 10.0 Å². The monoisotopic (exact) mass is 254 g/mol. The van der Waals surface area contributed by atoms with Crippen LogP contribution < -0.4 is 10.5 Å². The molecule has 0 saturated heterocycles. The van der Waals surface area contributed by atoms with Gasteiger partial charge in [0.2, 0.25) is 10.0 Å². The number of benzene rings is 1. The molecule has 0 amide bonds. The van der Waals surface area contributed by atoms with Gasteiger partial charge >= 0.3 is 0 Å². The highest BCUT2D eigenvalue weighted by Gasteiger charge is 2.24. The predicted octanol–water partition coefficient (Wildman–Crippen LogP) is 1.14. The number of rotatable bonds is 5. The predicted molar refractivity (Wildman–Crippen MR) is 67.0 cm³/mol. The van der Waals surface area contributed by atoms with Gasteiger partial charge < -0.3 is 5.73 Å². The van der Waals surface area contributed by atoms with Crippen LogP contribution in [0.25, 0.3) is 0 Å². The fraction of sp³-hybridized carbons (Fsp3) is 0.500. The average molecular weight is 254 g/mol. The summed E-state index contributed by atoms with van der Waals surface area (Å²) >= 11 is 0. The van der Waals surface area contributed by atoms with Gasteiger partial charge in [-0.05, 0) is 48.9 Å². The van der Waals surface area contributed by atoms with Crippen molar-refractivity contribution in [2.75, 3.05) is 6.54 Å². The summed E-state index contributed by atoms with van der Waals surface area (Å²) in [6, 6.07) is 5.07. The number of hydrogen-bond donors (Lipinski definition) is 2. The van der Waals surface area contributed by atoms with E-state index in [0.29, 0.717) is 23.9 Å². The van der Waals surface area contributed by atoms with E-state index in [1.807, 2.05) is 6.92 Å². The zero-order valence-electron chi connectivity index (χ0n) is 9.94. The van der Waals surface area contributed by atoms with Crippen LogP contribution in [0, 0.1) is 12.8 Å². The normalized spacial score (nSPS) is 16.1. The molecule has 1 aliphatic carbocycles. The Hall–Kier alpha value is -0.910. The maximum atomic E-state index is 12.0. The van der Waals surface area contributed by atoms with Crippen LogP contribution in [-0.4, -0.2) is 15.0 Å². The number of nitrogens with one attached hydrogen (secondary N) is 1. The van der Waals surface area contributed by atoms with Crippen molar-refractivity contribution in [1.82, 2.24) is 4.72 Å². The smallest absolute Gasteiger partial charge is 0.240 e. The summed E-state index contributed by atoms with van der Waals surface area (Å²) in [5, 5.41) is 0. The van der Waals surface area contributed by atoms with Crippen LogP contribution in [-0.2, 0) is 16.6 Å². The van der Waals surface area contributed by atoms with Crippen LogP contribution >= 0.6 is 0 Å². The number of sulfonamides is 1. The van der Waals surface area contributed by atoms with Gasteiger partial charge in [0.25, 0.3) is 0 Å². The Morgan fingerprint density at radius 3 is 2.65 bits per heavy atom. The third kappa shape index (κ3) is 3.06. The van der Waals surface area contributed by atoms with Crippen molar-refractivity contribution < 1.29 is 8.42 Å². The van der Waals surface area contributed by atoms with Crippen molar-refractivity contribution in [3.8, 4) is 0 Å². The van der Waals surface area contributed by atoms with Crippen molar-refractivity contribution in [2.24, 2.45) is 11.7 Å². The molecule has 0 radical (unpaired) electrons. The lowest BCUT2D eigenvalue weighted by Crippen LogP contribution is -2.26. The Labute approximate surface area is 102 Å². The molecule has 2 rings (SSSR count). The van der Waals surface area contributed by atoms with Crippen molar-refractivity contribution in [2.45, 2.75) is 31.2 Å². The lowest BCUT2D eigenvalue weighted by atomic mass is 10.1. The average Bonchev–Trinajstić information content (AvgIpc) is 3.10. The standard InChI is InChI=1S/C12H18N2O2S/c1-9-6-12(5-4-11(9)7-13)17(15,16)14-8-10-2-3-10/h4-6,10,14H,2-3,7-8,13H2,1H3. The highest BCUT2D eigenvalue weighted by atomic mass is 32.2. The fourth-order valence-corrected chi connectivity index (χ4v) is 2.90. The van der Waals surface area contributed by atoms with Gasteiger partial charge in [0.05, 0.1) is 4.90 Å². The van der Waals surface area contributed by atoms with Crippen LogP contribution in [0.5, 0.6) is 0 Å². The second-order valence-electron chi connectivity index (χ2n) is 4.59. The van der Waals surface area contributed by atoms with E-state index in [-0.39, 0.29) is 0 Å². The first kappa shape index (κ1) is 12.5. The molecule has 0 atom stereocenters. The zero-order chi connectivity index (χ0) is 12.5. The number of nitrogens with two attached hydrogens (primary N) is 1. The molecule has 1 aromatic rings. The Balaban J connectivity index is 2.16. The molecule has 0 aliphatic heterocycles. The Morgan fingerprint density at radius 1 is 1.41 bits per heavy atom. The summed E-state index contributed by atoms with van der Waals surface area (Å²) < 4.78 is 26.6. The molecule has 4 nitrogen and oxygen atoms in total. The Bertz CT molecular complexity index is 507. The van der Waals surface area contributed by atoms with Gasteiger partial charge in [-0.1, -0.05) is 6.07 Å². The van der Waals surface area contributed by atoms with Crippen LogP contribution in [0.3, 0.4) is 0 Å². The quantitative estimate of drug-likeness (QED) is 0.827. The first-order valence-corrected chi connectivity index (χ1v) is 7.30. The summed E-state index contributed by atoms with van der Waals surface area (Å²) in [7, 11) is -3.35. The van der Waals surface area contributed by atoms with Crippen LogP contribution in [0.1, 0.15) is 24.0 Å². The van der Waals surface area contributed by atoms with Gasteiger partial charge in [0.15, 0.2) is 0 Å². The molecule has 1 saturated carbocycles. The third-order valence-corrected chi connectivity index (χ3v) is 4.52. The molecule has 17 heavy (non-hydrogen) atoms. The molecular weight excluding hydrogens is 236 g/mol. The Kier molecular flexibility index (Phi) is 3.51. The highest BCUT2D eigenvalue weighted by molar-refractivity contribution is 7.89. The molecule has 94 valence electrons. The SMILES string of the molecule is Cc1cc(S(=O)(=O)NCC2CC2)ccc1CN. The van der Waals surface area contributed by atoms with E-state index < -0.39 is 10.0 Å². The summed E-state index contributed by atoms with van der Waals surface area (Å²) in [6.45, 7) is 2.86. The third-order valence-electron chi connectivity index (χ3n) is 3.10. The van der Waals surface area contributed by atoms with Gasteiger partial charge in [-0.2, -0.15) is 0 Å². The largest absolute Gasteiger partial charge is 0.326 e. The van der Waals surface area contributed by atoms with Crippen LogP contribution in [0.15, 0.2) is 23.1 Å². The maximum absolute atomic E-state index is 12.0. The topological polar surface area (TPSA) is 72.2 Å². The molecular formula is C12H18N2O2S. The molecule has 0 bridgehead atoms. The van der Waals surface area contributed by atoms with E-state index in [1.165, 1.54) is 0 Å². The van der Waals surface area contributed by atoms with Crippen molar-refractivity contribution in [1.29, 1.82) is 0 Å². The van der Waals surface area contributed by atoms with E-state index in [0.717, 1.165) is 24.0 Å². The molecule has 1 aromatic carbocycles. The van der Waals surface area contributed by atoms with E-state index in [1.54, 1.807) is 18.2 Å². The first-order valence-electron chi connectivity index (χ1n) is 5.82. The molecule has 0 spiro atoms. The summed E-state index contributed by atoms with van der Waals surface area (Å²) in [4.78, 5) is 0.327. The van der Waals surface area contributed by atoms with Gasteiger partial charge in [0, 0.05) is 13.1 Å². The minimum Gasteiger partial charge on any atom is -0.326 e. The summed E-state index contributed by atoms with van der Waals surface area (Å²) in [6.07, 6.45) is 2.27. The van der Waals surface area contributed by atoms with Crippen LogP contribution in [0.4, 0.5) is 0 Å². The molecule has 1 fully saturated rings. The minimum atomic E-state index is -3.35. The Morgan fingerprint density at radius 2 is 2.12 bits per heavy atom. The minimum absolute atomic E-state index is 0.327. The summed E-state index contributed by atoms with van der Waals surface area (Å²) in [5.41, 5.74) is 7.45. The van der Waals surface area contributed by atoms with Gasteiger partial charge in [-0.3, -0.25) is 0 Å². The van der Waals surface area contributed by atoms with E-state index in [9.17, 15) is 8.42 Å². The molecule has 3 N–H and O–H groups in total. The number of aryl methyl sites for hydroxylation is 1.